The van der Waals surface area contributed by atoms with Crippen molar-refractivity contribution < 1.29 is 55.6 Å². The van der Waals surface area contributed by atoms with Gasteiger partial charge in [0.2, 0.25) is 5.91 Å². The van der Waals surface area contributed by atoms with Gasteiger partial charge in [0.15, 0.2) is 0 Å². The van der Waals surface area contributed by atoms with Crippen molar-refractivity contribution in [1.82, 2.24) is 5.32 Å². The number of nitrogens with one attached hydrogen (secondary N) is 1. The van der Waals surface area contributed by atoms with Gasteiger partial charge in [-0.15, -0.1) is 0 Å². The van der Waals surface area contributed by atoms with E-state index >= 15 is 0 Å². The molecule has 0 fully saturated rings. The summed E-state index contributed by atoms with van der Waals surface area (Å²) in [6.45, 7) is 6.97. The number of quaternary nitrogens is 1. The molecule has 0 rings (SSSR count). The molecule has 13 heavy (non-hydrogen) atoms. The Balaban J connectivity index is -0.000000500. The Morgan fingerprint density at radius 1 is 1.62 bits per heavy atom. The fourth-order valence-corrected chi connectivity index (χ4v) is 0.642. The van der Waals surface area contributed by atoms with Crippen LogP contribution >= 0.6 is 0 Å². The maximum Gasteiger partial charge on any atom is 0.228 e. The van der Waals surface area contributed by atoms with Gasteiger partial charge in [-0.2, -0.15) is 6.42 Å². The Kier molecular flexibility index (Phi) is 19.1. The molecule has 0 saturated heterocycles. The smallest absolute Gasteiger partial charge is 0.228 e. The van der Waals surface area contributed by atoms with Crippen molar-refractivity contribution in [2.24, 2.45) is 5.92 Å². The summed E-state index contributed by atoms with van der Waals surface area (Å²) < 4.78 is 0. The van der Waals surface area contributed by atoms with Gasteiger partial charge in [-0.3, -0.25) is 4.79 Å². The molecule has 1 unspecified atom stereocenters. The summed E-state index contributed by atoms with van der Waals surface area (Å²) in [6.07, 6.45) is 1.83. The molecular weight excluding hydrogens is 264 g/mol. The molecule has 0 bridgehead atoms. The molecule has 0 aliphatic heterocycles. The van der Waals surface area contributed by atoms with Crippen LogP contribution in [-0.4, -0.2) is 19.0 Å². The third-order valence-electron chi connectivity index (χ3n) is 1.61. The van der Waals surface area contributed by atoms with Crippen LogP contribution < -0.4 is 23.5 Å². The summed E-state index contributed by atoms with van der Waals surface area (Å²) in [4.78, 5) is 11.1. The zero-order chi connectivity index (χ0) is 8.69. The third kappa shape index (κ3) is 10.7. The monoisotopic (exact) mass is 282 g/mol. The van der Waals surface area contributed by atoms with Gasteiger partial charge in [0.05, 0.1) is 12.5 Å². The predicted octanol–water partition coefficient (Wildman–Crippen LogP) is -3.40. The van der Waals surface area contributed by atoms with Gasteiger partial charge in [0, 0.05) is 39.3 Å². The predicted molar refractivity (Wildman–Crippen MR) is 44.5 cm³/mol. The first kappa shape index (κ1) is 19.4. The number of rotatable bonds is 5. The van der Waals surface area contributed by atoms with Crippen molar-refractivity contribution in [3.8, 4) is 0 Å². The van der Waals surface area contributed by atoms with Gasteiger partial charge in [-0.1, -0.05) is 6.42 Å². The SMILES string of the molecule is [CH2-]CCCNC(=O)C(C)C[NH3+].[Cl-].[Y]. The first-order chi connectivity index (χ1) is 5.22. The fourth-order valence-electron chi connectivity index (χ4n) is 0.642. The van der Waals surface area contributed by atoms with Crippen molar-refractivity contribution in [3.05, 3.63) is 6.92 Å². The van der Waals surface area contributed by atoms with Crippen LogP contribution in [0, 0.1) is 12.8 Å². The fraction of sp³-hybridized carbons (Fsp3) is 0.750. The average Bonchev–Trinajstić information content (AvgIpc) is 2.03. The number of halogens is 1. The van der Waals surface area contributed by atoms with E-state index in [2.05, 4.69) is 18.0 Å². The Labute approximate surface area is 112 Å². The number of carbonyl (C=O) groups excluding carboxylic acids is 1. The van der Waals surface area contributed by atoms with Gasteiger partial charge in [0.1, 0.15) is 0 Å². The van der Waals surface area contributed by atoms with Gasteiger partial charge in [0.25, 0.3) is 0 Å². The van der Waals surface area contributed by atoms with Crippen LogP contribution in [0.25, 0.3) is 0 Å². The van der Waals surface area contributed by atoms with Crippen LogP contribution in [0.15, 0.2) is 0 Å². The van der Waals surface area contributed by atoms with E-state index in [1.54, 1.807) is 0 Å². The molecule has 3 nitrogen and oxygen atoms in total. The summed E-state index contributed by atoms with van der Waals surface area (Å²) in [5.74, 6) is 0.147. The normalized spacial score (nSPS) is 10.7. The zero-order valence-corrected chi connectivity index (χ0v) is 11.8. The number of carbonyl (C=O) groups is 1. The Bertz CT molecular complexity index is 125. The summed E-state index contributed by atoms with van der Waals surface area (Å²) in [7, 11) is 0. The maximum absolute atomic E-state index is 11.1. The van der Waals surface area contributed by atoms with Crippen LogP contribution in [-0.2, 0) is 37.5 Å². The van der Waals surface area contributed by atoms with Gasteiger partial charge >= 0.3 is 0 Å². The molecule has 0 aromatic rings. The average molecular weight is 283 g/mol. The van der Waals surface area contributed by atoms with E-state index in [1.807, 2.05) is 6.92 Å². The molecule has 4 N–H and O–H groups in total. The van der Waals surface area contributed by atoms with Crippen molar-refractivity contribution in [2.45, 2.75) is 19.8 Å². The van der Waals surface area contributed by atoms with E-state index in [9.17, 15) is 4.79 Å². The van der Waals surface area contributed by atoms with Gasteiger partial charge < -0.3 is 30.4 Å². The standard InChI is InChI=1S/C8H17N2O.ClH.Y/c1-3-4-5-10-8(11)7(2)6-9;;/h7H,1,3-6,9H2,2H3,(H,10,11);1H;/q-1;;. The molecule has 1 amide bonds. The molecule has 0 spiro atoms. The van der Waals surface area contributed by atoms with Crippen molar-refractivity contribution in [2.75, 3.05) is 13.1 Å². The minimum absolute atomic E-state index is 0. The largest absolute Gasteiger partial charge is 1.00 e. The minimum Gasteiger partial charge on any atom is -1.00 e. The topological polar surface area (TPSA) is 56.7 Å². The molecule has 0 heterocycles. The molecule has 0 aromatic carbocycles. The Morgan fingerprint density at radius 3 is 2.54 bits per heavy atom. The zero-order valence-electron chi connectivity index (χ0n) is 8.18. The van der Waals surface area contributed by atoms with Gasteiger partial charge in [-0.25, -0.2) is 0 Å². The second-order valence-corrected chi connectivity index (χ2v) is 2.69. The van der Waals surface area contributed by atoms with E-state index in [0.29, 0.717) is 6.54 Å². The van der Waals surface area contributed by atoms with Crippen LogP contribution in [0.4, 0.5) is 0 Å². The second kappa shape index (κ2) is 12.8. The summed E-state index contributed by atoms with van der Waals surface area (Å²) in [5.41, 5.74) is 3.66. The summed E-state index contributed by atoms with van der Waals surface area (Å²) in [5, 5.41) is 2.82. The molecule has 1 radical (unpaired) electrons. The number of hydrogen-bond donors (Lipinski definition) is 2. The molecule has 0 aliphatic carbocycles. The molecule has 0 aliphatic rings. The van der Waals surface area contributed by atoms with E-state index in [-0.39, 0.29) is 56.9 Å². The van der Waals surface area contributed by atoms with Crippen LogP contribution in [0.3, 0.4) is 0 Å². The summed E-state index contributed by atoms with van der Waals surface area (Å²) in [6, 6.07) is 0. The molecule has 0 aromatic heterocycles. The van der Waals surface area contributed by atoms with Crippen LogP contribution in [0.1, 0.15) is 19.8 Å². The molecule has 77 valence electrons. The molecule has 0 saturated carbocycles. The van der Waals surface area contributed by atoms with E-state index < -0.39 is 0 Å². The van der Waals surface area contributed by atoms with Crippen LogP contribution in [0.5, 0.6) is 0 Å². The molecule has 5 heteroatoms. The number of unbranched alkanes of at least 4 members (excludes halogenated alkanes) is 1. The van der Waals surface area contributed by atoms with E-state index in [0.717, 1.165) is 19.4 Å². The first-order valence-electron chi connectivity index (χ1n) is 4.08. The Morgan fingerprint density at radius 2 is 2.15 bits per heavy atom. The van der Waals surface area contributed by atoms with Crippen LogP contribution in [0.2, 0.25) is 0 Å². The quantitative estimate of drug-likeness (QED) is 0.401. The third-order valence-corrected chi connectivity index (χ3v) is 1.61. The van der Waals surface area contributed by atoms with Gasteiger partial charge in [-0.05, 0) is 6.92 Å². The van der Waals surface area contributed by atoms with E-state index in [4.69, 9.17) is 0 Å². The summed E-state index contributed by atoms with van der Waals surface area (Å²) >= 11 is 0. The maximum atomic E-state index is 11.1. The first-order valence-corrected chi connectivity index (χ1v) is 4.08. The van der Waals surface area contributed by atoms with Crippen molar-refractivity contribution in [3.63, 3.8) is 0 Å². The Hall–Kier alpha value is 0.824. The second-order valence-electron chi connectivity index (χ2n) is 2.69. The minimum atomic E-state index is 0. The number of amides is 1. The van der Waals surface area contributed by atoms with Crippen molar-refractivity contribution in [1.29, 1.82) is 0 Å². The number of hydrogen-bond acceptors (Lipinski definition) is 1. The molecule has 1 atom stereocenters. The molecular formula is C8H18ClN2OY-. The van der Waals surface area contributed by atoms with Crippen molar-refractivity contribution >= 4 is 5.91 Å². The van der Waals surface area contributed by atoms with E-state index in [1.165, 1.54) is 0 Å².